The van der Waals surface area contributed by atoms with Crippen LogP contribution >= 0.6 is 0 Å². The van der Waals surface area contributed by atoms with E-state index < -0.39 is 0 Å². The number of rotatable bonds is 3. The summed E-state index contributed by atoms with van der Waals surface area (Å²) in [6, 6.07) is 0. The fourth-order valence-electron chi connectivity index (χ4n) is 0.972. The molecule has 0 bridgehead atoms. The molecule has 1 amide bonds. The second kappa shape index (κ2) is 4.30. The van der Waals surface area contributed by atoms with Gasteiger partial charge in [-0.3, -0.25) is 15.2 Å². The van der Waals surface area contributed by atoms with Crippen LogP contribution in [0.15, 0.2) is 23.9 Å². The quantitative estimate of drug-likeness (QED) is 0.475. The van der Waals surface area contributed by atoms with Crippen LogP contribution < -0.4 is 5.43 Å². The standard InChI is InChI=1S/C8H10N2O3/c1-13-8(12)7-3-2-4-10(5-7)9-6-11/h2-4,6H,5H2,1H3,(H,9,11). The van der Waals surface area contributed by atoms with Gasteiger partial charge < -0.3 is 4.74 Å². The fraction of sp³-hybridized carbons (Fsp3) is 0.250. The third-order valence-corrected chi connectivity index (χ3v) is 1.57. The lowest BCUT2D eigenvalue weighted by atomic mass is 10.2. The molecule has 1 heterocycles. The molecule has 5 nitrogen and oxygen atoms in total. The van der Waals surface area contributed by atoms with Crippen LogP contribution in [0, 0.1) is 0 Å². The van der Waals surface area contributed by atoms with Crippen LogP contribution in [0.25, 0.3) is 0 Å². The number of methoxy groups -OCH3 is 1. The summed E-state index contributed by atoms with van der Waals surface area (Å²) in [5, 5.41) is 1.49. The van der Waals surface area contributed by atoms with Gasteiger partial charge >= 0.3 is 5.97 Å². The first kappa shape index (κ1) is 9.31. The number of amides is 1. The van der Waals surface area contributed by atoms with Gasteiger partial charge in [-0.15, -0.1) is 0 Å². The highest BCUT2D eigenvalue weighted by Gasteiger charge is 2.13. The summed E-state index contributed by atoms with van der Waals surface area (Å²) >= 11 is 0. The Morgan fingerprint density at radius 3 is 3.15 bits per heavy atom. The number of hydrazine groups is 1. The predicted molar refractivity (Wildman–Crippen MR) is 45.1 cm³/mol. The average Bonchev–Trinajstić information content (AvgIpc) is 2.18. The Morgan fingerprint density at radius 2 is 2.54 bits per heavy atom. The summed E-state index contributed by atoms with van der Waals surface area (Å²) in [5.74, 6) is -0.387. The lowest BCUT2D eigenvalue weighted by Gasteiger charge is -2.21. The molecule has 0 atom stereocenters. The maximum absolute atomic E-state index is 11.0. The summed E-state index contributed by atoms with van der Waals surface area (Å²) in [5.41, 5.74) is 2.91. The minimum atomic E-state index is -0.387. The summed E-state index contributed by atoms with van der Waals surface area (Å²) < 4.78 is 4.53. The number of ether oxygens (including phenoxy) is 1. The Kier molecular flexibility index (Phi) is 3.08. The zero-order chi connectivity index (χ0) is 9.68. The van der Waals surface area contributed by atoms with Gasteiger partial charge in [-0.25, -0.2) is 4.79 Å². The third kappa shape index (κ3) is 2.33. The second-order valence-electron chi connectivity index (χ2n) is 2.40. The number of carbonyl (C=O) groups excluding carboxylic acids is 2. The number of esters is 1. The van der Waals surface area contributed by atoms with Crippen LogP contribution in [0.5, 0.6) is 0 Å². The topological polar surface area (TPSA) is 58.6 Å². The van der Waals surface area contributed by atoms with Crippen molar-refractivity contribution in [3.63, 3.8) is 0 Å². The normalized spacial score (nSPS) is 14.8. The fourth-order valence-corrected chi connectivity index (χ4v) is 0.972. The molecule has 0 unspecified atom stereocenters. The molecule has 70 valence electrons. The monoisotopic (exact) mass is 182 g/mol. The molecule has 0 aromatic heterocycles. The van der Waals surface area contributed by atoms with Crippen molar-refractivity contribution in [1.29, 1.82) is 0 Å². The Morgan fingerprint density at radius 1 is 1.77 bits per heavy atom. The highest BCUT2D eigenvalue weighted by atomic mass is 16.5. The van der Waals surface area contributed by atoms with Gasteiger partial charge in [0.15, 0.2) is 0 Å². The maximum Gasteiger partial charge on any atom is 0.335 e. The highest BCUT2D eigenvalue weighted by molar-refractivity contribution is 5.89. The van der Waals surface area contributed by atoms with Crippen LogP contribution in [0.4, 0.5) is 0 Å². The molecule has 13 heavy (non-hydrogen) atoms. The van der Waals surface area contributed by atoms with Crippen LogP contribution in [-0.2, 0) is 14.3 Å². The smallest absolute Gasteiger partial charge is 0.335 e. The summed E-state index contributed by atoms with van der Waals surface area (Å²) in [6.45, 7) is 0.321. The van der Waals surface area contributed by atoms with Crippen molar-refractivity contribution in [3.8, 4) is 0 Å². The van der Waals surface area contributed by atoms with Crippen LogP contribution in [-0.4, -0.2) is 31.0 Å². The third-order valence-electron chi connectivity index (χ3n) is 1.57. The molecule has 0 saturated carbocycles. The van der Waals surface area contributed by atoms with E-state index in [2.05, 4.69) is 10.2 Å². The second-order valence-corrected chi connectivity index (χ2v) is 2.40. The lowest BCUT2D eigenvalue weighted by Crippen LogP contribution is -2.36. The van der Waals surface area contributed by atoms with E-state index in [1.165, 1.54) is 12.1 Å². The van der Waals surface area contributed by atoms with Gasteiger partial charge in [0.2, 0.25) is 6.41 Å². The molecule has 0 saturated heterocycles. The Balaban J connectivity index is 2.60. The molecule has 1 aliphatic heterocycles. The van der Waals surface area contributed by atoms with E-state index in [0.29, 0.717) is 18.5 Å². The van der Waals surface area contributed by atoms with Crippen molar-refractivity contribution in [2.75, 3.05) is 13.7 Å². The molecule has 0 radical (unpaired) electrons. The van der Waals surface area contributed by atoms with Gasteiger partial charge in [0, 0.05) is 6.20 Å². The number of hydrogen-bond donors (Lipinski definition) is 1. The van der Waals surface area contributed by atoms with Gasteiger partial charge in [-0.1, -0.05) is 0 Å². The van der Waals surface area contributed by atoms with Gasteiger partial charge in [-0.2, -0.15) is 0 Å². The van der Waals surface area contributed by atoms with E-state index in [0.717, 1.165) is 0 Å². The number of carbonyl (C=O) groups is 2. The first-order valence-corrected chi connectivity index (χ1v) is 3.70. The summed E-state index contributed by atoms with van der Waals surface area (Å²) in [7, 11) is 1.32. The number of nitrogens with zero attached hydrogens (tertiary/aromatic N) is 1. The first-order valence-electron chi connectivity index (χ1n) is 3.70. The molecule has 0 aromatic rings. The molecule has 0 aromatic carbocycles. The van der Waals surface area contributed by atoms with E-state index in [1.54, 1.807) is 18.4 Å². The number of nitrogens with one attached hydrogen (secondary N) is 1. The minimum absolute atomic E-state index is 0.321. The maximum atomic E-state index is 11.0. The minimum Gasteiger partial charge on any atom is -0.466 e. The van der Waals surface area contributed by atoms with Gasteiger partial charge in [-0.05, 0) is 12.2 Å². The molecule has 1 N–H and O–H groups in total. The van der Waals surface area contributed by atoms with E-state index in [1.807, 2.05) is 0 Å². The van der Waals surface area contributed by atoms with Crippen LogP contribution in [0.3, 0.4) is 0 Å². The molecule has 1 aliphatic rings. The molecule has 0 spiro atoms. The molecule has 0 fully saturated rings. The highest BCUT2D eigenvalue weighted by Crippen LogP contribution is 2.05. The summed E-state index contributed by atoms with van der Waals surface area (Å²) in [4.78, 5) is 21.1. The first-order chi connectivity index (χ1) is 6.27. The van der Waals surface area contributed by atoms with E-state index in [4.69, 9.17) is 0 Å². The molecule has 5 heteroatoms. The zero-order valence-corrected chi connectivity index (χ0v) is 7.19. The van der Waals surface area contributed by atoms with Crippen molar-refractivity contribution < 1.29 is 14.3 Å². The molecular formula is C8H10N2O3. The predicted octanol–water partition coefficient (Wildman–Crippen LogP) is -0.424. The molecular weight excluding hydrogens is 172 g/mol. The molecule has 1 rings (SSSR count). The van der Waals surface area contributed by atoms with E-state index >= 15 is 0 Å². The van der Waals surface area contributed by atoms with E-state index in [-0.39, 0.29) is 5.97 Å². The van der Waals surface area contributed by atoms with Crippen molar-refractivity contribution in [3.05, 3.63) is 23.9 Å². The number of allylic oxidation sites excluding steroid dienone is 2. The average molecular weight is 182 g/mol. The van der Waals surface area contributed by atoms with Crippen molar-refractivity contribution >= 4 is 12.4 Å². The van der Waals surface area contributed by atoms with Gasteiger partial charge in [0.25, 0.3) is 0 Å². The van der Waals surface area contributed by atoms with Crippen molar-refractivity contribution in [1.82, 2.24) is 10.4 Å². The zero-order valence-electron chi connectivity index (χ0n) is 7.19. The van der Waals surface area contributed by atoms with E-state index in [9.17, 15) is 9.59 Å². The van der Waals surface area contributed by atoms with Gasteiger partial charge in [0.1, 0.15) is 0 Å². The molecule has 0 aliphatic carbocycles. The Labute approximate surface area is 75.6 Å². The van der Waals surface area contributed by atoms with Crippen LogP contribution in [0.2, 0.25) is 0 Å². The van der Waals surface area contributed by atoms with Crippen molar-refractivity contribution in [2.45, 2.75) is 0 Å². The Bertz CT molecular complexity index is 271. The van der Waals surface area contributed by atoms with Crippen LogP contribution in [0.1, 0.15) is 0 Å². The van der Waals surface area contributed by atoms with Gasteiger partial charge in [0.05, 0.1) is 19.2 Å². The largest absolute Gasteiger partial charge is 0.466 e. The number of hydrogen-bond acceptors (Lipinski definition) is 4. The van der Waals surface area contributed by atoms with Crippen molar-refractivity contribution in [2.24, 2.45) is 0 Å². The Hall–Kier alpha value is -1.78. The SMILES string of the molecule is COC(=O)C1=CC=CN(NC=O)C1. The lowest BCUT2D eigenvalue weighted by molar-refractivity contribution is -0.136. The summed E-state index contributed by atoms with van der Waals surface area (Å²) in [6.07, 6.45) is 5.51.